The summed E-state index contributed by atoms with van der Waals surface area (Å²) in [5.74, 6) is -2.47. The molecule has 0 aliphatic rings. The van der Waals surface area contributed by atoms with Crippen LogP contribution in [0.15, 0.2) is 41.1 Å². The molecule has 4 aromatic rings. The Bertz CT molecular complexity index is 1020. The smallest absolute Gasteiger partial charge is 0.293 e. The van der Waals surface area contributed by atoms with Gasteiger partial charge in [0.1, 0.15) is 5.52 Å². The molecule has 0 bridgehead atoms. The van der Waals surface area contributed by atoms with E-state index >= 15 is 0 Å². The highest BCUT2D eigenvalue weighted by molar-refractivity contribution is 5.89. The fourth-order valence-electron chi connectivity index (χ4n) is 2.52. The van der Waals surface area contributed by atoms with E-state index in [0.717, 1.165) is 5.52 Å². The number of halogens is 2. The van der Waals surface area contributed by atoms with Gasteiger partial charge in [-0.1, -0.05) is 12.1 Å². The quantitative estimate of drug-likeness (QED) is 0.582. The van der Waals surface area contributed by atoms with Crippen LogP contribution in [0.25, 0.3) is 22.0 Å². The molecule has 8 heteroatoms. The molecule has 3 heterocycles. The van der Waals surface area contributed by atoms with E-state index in [4.69, 9.17) is 4.52 Å². The van der Waals surface area contributed by atoms with Crippen molar-refractivity contribution < 1.29 is 13.3 Å². The van der Waals surface area contributed by atoms with Gasteiger partial charge in [0.15, 0.2) is 17.1 Å². The number of pyridine rings is 1. The van der Waals surface area contributed by atoms with E-state index in [2.05, 4.69) is 25.7 Å². The largest absolute Gasteiger partial charge is 0.356 e. The van der Waals surface area contributed by atoms with Gasteiger partial charge in [-0.05, 0) is 24.3 Å². The molecule has 0 amide bonds. The Labute approximate surface area is 134 Å². The van der Waals surface area contributed by atoms with Gasteiger partial charge in [0.05, 0.1) is 10.9 Å². The summed E-state index contributed by atoms with van der Waals surface area (Å²) in [6, 6.07) is 8.52. The first-order chi connectivity index (χ1) is 11.6. The third kappa shape index (κ3) is 2.27. The van der Waals surface area contributed by atoms with Gasteiger partial charge in [-0.2, -0.15) is 13.9 Å². The molecule has 122 valence electrons. The molecule has 0 fully saturated rings. The lowest BCUT2D eigenvalue weighted by atomic mass is 10.1. The van der Waals surface area contributed by atoms with Crippen LogP contribution in [-0.4, -0.2) is 20.3 Å². The zero-order valence-electron chi connectivity index (χ0n) is 12.7. The molecule has 0 saturated carbocycles. The summed E-state index contributed by atoms with van der Waals surface area (Å²) >= 11 is 0. The predicted octanol–water partition coefficient (Wildman–Crippen LogP) is 4.34. The van der Waals surface area contributed by atoms with Gasteiger partial charge >= 0.3 is 0 Å². The third-order valence-electron chi connectivity index (χ3n) is 3.85. The van der Waals surface area contributed by atoms with E-state index < -0.39 is 5.92 Å². The second-order valence-corrected chi connectivity index (χ2v) is 5.40. The number of hydrogen-bond donors (Lipinski definition) is 2. The van der Waals surface area contributed by atoms with Crippen LogP contribution < -0.4 is 5.32 Å². The van der Waals surface area contributed by atoms with E-state index in [1.54, 1.807) is 30.5 Å². The Kier molecular flexibility index (Phi) is 3.19. The van der Waals surface area contributed by atoms with Crippen LogP contribution in [0, 0.1) is 0 Å². The maximum Gasteiger partial charge on any atom is 0.293 e. The van der Waals surface area contributed by atoms with Crippen molar-refractivity contribution in [2.75, 3.05) is 5.32 Å². The maximum atomic E-state index is 13.9. The van der Waals surface area contributed by atoms with Crippen LogP contribution in [0.4, 0.5) is 20.3 Å². The predicted molar refractivity (Wildman–Crippen MR) is 85.4 cm³/mol. The minimum absolute atomic E-state index is 0.288. The molecule has 0 aliphatic carbocycles. The minimum Gasteiger partial charge on any atom is -0.356 e. The molecule has 3 aromatic heterocycles. The lowest BCUT2D eigenvalue weighted by Gasteiger charge is -2.10. The molecule has 2 N–H and O–H groups in total. The Morgan fingerprint density at radius 3 is 3.00 bits per heavy atom. The fraction of sp³-hybridized carbons (Fsp3) is 0.188. The number of anilines is 2. The van der Waals surface area contributed by atoms with E-state index in [1.807, 2.05) is 6.07 Å². The topological polar surface area (TPSA) is 79.6 Å². The zero-order valence-corrected chi connectivity index (χ0v) is 12.7. The highest BCUT2D eigenvalue weighted by Gasteiger charge is 2.35. The molecule has 0 atom stereocenters. The van der Waals surface area contributed by atoms with Gasteiger partial charge in [-0.3, -0.25) is 10.1 Å². The SMILES string of the molecule is CCC(F)(F)c1noc2cc(Nc3n[nH]c4cccnc34)ccc12. The first-order valence-corrected chi connectivity index (χ1v) is 7.42. The van der Waals surface area contributed by atoms with Gasteiger partial charge in [0, 0.05) is 24.4 Å². The van der Waals surface area contributed by atoms with Gasteiger partial charge < -0.3 is 9.84 Å². The molecule has 0 radical (unpaired) electrons. The van der Waals surface area contributed by atoms with Crippen molar-refractivity contribution in [3.8, 4) is 0 Å². The minimum atomic E-state index is -3.01. The number of hydrogen-bond acceptors (Lipinski definition) is 5. The molecular formula is C16H13F2N5O. The molecule has 0 unspecified atom stereocenters. The fourth-order valence-corrected chi connectivity index (χ4v) is 2.52. The summed E-state index contributed by atoms with van der Waals surface area (Å²) in [4.78, 5) is 4.26. The third-order valence-corrected chi connectivity index (χ3v) is 3.85. The number of alkyl halides is 2. The first kappa shape index (κ1) is 14.6. The van der Waals surface area contributed by atoms with Crippen molar-refractivity contribution in [1.29, 1.82) is 0 Å². The summed E-state index contributed by atoms with van der Waals surface area (Å²) in [5.41, 5.74) is 2.08. The van der Waals surface area contributed by atoms with Crippen LogP contribution in [0.2, 0.25) is 0 Å². The summed E-state index contributed by atoms with van der Waals surface area (Å²) in [6.45, 7) is 1.41. The number of benzene rings is 1. The Morgan fingerprint density at radius 1 is 1.29 bits per heavy atom. The van der Waals surface area contributed by atoms with Crippen molar-refractivity contribution in [3.05, 3.63) is 42.2 Å². The summed E-state index contributed by atoms with van der Waals surface area (Å²) in [5, 5.41) is 14.0. The average Bonchev–Trinajstić information content (AvgIpc) is 3.19. The van der Waals surface area contributed by atoms with Crippen LogP contribution >= 0.6 is 0 Å². The number of fused-ring (bicyclic) bond motifs is 2. The molecule has 0 spiro atoms. The number of nitrogens with zero attached hydrogens (tertiary/aromatic N) is 3. The summed E-state index contributed by atoms with van der Waals surface area (Å²) in [6.07, 6.45) is 1.33. The molecular weight excluding hydrogens is 316 g/mol. The van der Waals surface area contributed by atoms with Crippen LogP contribution in [0.5, 0.6) is 0 Å². The highest BCUT2D eigenvalue weighted by Crippen LogP contribution is 2.36. The highest BCUT2D eigenvalue weighted by atomic mass is 19.3. The van der Waals surface area contributed by atoms with E-state index in [-0.39, 0.29) is 17.7 Å². The van der Waals surface area contributed by atoms with E-state index in [0.29, 0.717) is 22.4 Å². The van der Waals surface area contributed by atoms with Crippen LogP contribution in [-0.2, 0) is 5.92 Å². The zero-order chi connectivity index (χ0) is 16.7. The van der Waals surface area contributed by atoms with Crippen LogP contribution in [0.3, 0.4) is 0 Å². The van der Waals surface area contributed by atoms with Gasteiger partial charge in [-0.25, -0.2) is 0 Å². The standard InChI is InChI=1S/C16H13F2N5O/c1-2-16(17,18)14-10-6-5-9(8-12(10)24-23-14)20-15-13-11(21-22-15)4-3-7-19-13/h3-8H,2H2,1H3,(H2,20,21,22). The van der Waals surface area contributed by atoms with Crippen molar-refractivity contribution in [2.45, 2.75) is 19.3 Å². The van der Waals surface area contributed by atoms with Gasteiger partial charge in [-0.15, -0.1) is 0 Å². The molecule has 0 aliphatic heterocycles. The Morgan fingerprint density at radius 2 is 2.17 bits per heavy atom. The second kappa shape index (κ2) is 5.26. The number of H-pyrrole nitrogens is 1. The molecule has 0 saturated heterocycles. The molecule has 1 aromatic carbocycles. The van der Waals surface area contributed by atoms with Crippen molar-refractivity contribution in [2.24, 2.45) is 0 Å². The van der Waals surface area contributed by atoms with Crippen molar-refractivity contribution >= 4 is 33.5 Å². The first-order valence-electron chi connectivity index (χ1n) is 7.42. The summed E-state index contributed by atoms with van der Waals surface area (Å²) < 4.78 is 32.8. The number of nitrogens with one attached hydrogen (secondary N) is 2. The lowest BCUT2D eigenvalue weighted by molar-refractivity contribution is -0.0140. The normalized spacial score (nSPS) is 12.1. The Balaban J connectivity index is 1.71. The van der Waals surface area contributed by atoms with E-state index in [9.17, 15) is 8.78 Å². The number of rotatable bonds is 4. The Hall–Kier alpha value is -3.03. The van der Waals surface area contributed by atoms with E-state index in [1.165, 1.54) is 6.92 Å². The lowest BCUT2D eigenvalue weighted by Crippen LogP contribution is -2.12. The molecule has 4 rings (SSSR count). The molecule has 6 nitrogen and oxygen atoms in total. The average molecular weight is 329 g/mol. The molecule has 24 heavy (non-hydrogen) atoms. The van der Waals surface area contributed by atoms with Crippen LogP contribution in [0.1, 0.15) is 19.0 Å². The monoisotopic (exact) mass is 329 g/mol. The number of aromatic amines is 1. The maximum absolute atomic E-state index is 13.9. The van der Waals surface area contributed by atoms with Gasteiger partial charge in [0.25, 0.3) is 5.92 Å². The second-order valence-electron chi connectivity index (χ2n) is 5.40. The summed E-state index contributed by atoms with van der Waals surface area (Å²) in [7, 11) is 0. The van der Waals surface area contributed by atoms with Crippen molar-refractivity contribution in [3.63, 3.8) is 0 Å². The van der Waals surface area contributed by atoms with Gasteiger partial charge in [0.2, 0.25) is 0 Å². The number of aromatic nitrogens is 4. The van der Waals surface area contributed by atoms with Crippen molar-refractivity contribution in [1.82, 2.24) is 20.3 Å².